The molecule has 0 aliphatic rings. The predicted octanol–water partition coefficient (Wildman–Crippen LogP) is 2.75. The molecule has 0 bridgehead atoms. The van der Waals surface area contributed by atoms with Crippen LogP contribution >= 0.6 is 11.8 Å². The molecule has 0 radical (unpaired) electrons. The van der Waals surface area contributed by atoms with Gasteiger partial charge in [-0.3, -0.25) is 15.2 Å². The average Bonchev–Trinajstić information content (AvgIpc) is 3.09. The maximum Gasteiger partial charge on any atom is 0.321 e. The Morgan fingerprint density at radius 3 is 2.64 bits per heavy atom. The topological polar surface area (TPSA) is 99.8 Å². The van der Waals surface area contributed by atoms with Crippen molar-refractivity contribution < 1.29 is 9.59 Å². The first kappa shape index (κ1) is 19.0. The number of urea groups is 1. The molecule has 0 fully saturated rings. The van der Waals surface area contributed by atoms with Gasteiger partial charge in [0, 0.05) is 12.1 Å². The zero-order valence-corrected chi connectivity index (χ0v) is 15.3. The van der Waals surface area contributed by atoms with Crippen LogP contribution in [-0.2, 0) is 11.2 Å². The Morgan fingerprint density at radius 2 is 1.96 bits per heavy atom. The molecule has 3 N–H and O–H groups in total. The zero-order valence-electron chi connectivity index (χ0n) is 14.5. The van der Waals surface area contributed by atoms with Crippen molar-refractivity contribution in [1.29, 1.82) is 0 Å². The molecular formula is C17H23N5O2S. The molecule has 2 rings (SSSR count). The molecule has 0 unspecified atom stereocenters. The minimum Gasteiger partial charge on any atom is -0.338 e. The lowest BCUT2D eigenvalue weighted by Crippen LogP contribution is -2.40. The van der Waals surface area contributed by atoms with Crippen molar-refractivity contribution in [1.82, 2.24) is 25.8 Å². The number of hydrogen-bond donors (Lipinski definition) is 3. The second-order valence-electron chi connectivity index (χ2n) is 5.46. The van der Waals surface area contributed by atoms with Crippen LogP contribution in [0.3, 0.4) is 0 Å². The quantitative estimate of drug-likeness (QED) is 0.496. The highest BCUT2D eigenvalue weighted by Gasteiger charge is 2.11. The van der Waals surface area contributed by atoms with Gasteiger partial charge in [0.1, 0.15) is 0 Å². The summed E-state index contributed by atoms with van der Waals surface area (Å²) in [4.78, 5) is 27.6. The smallest absolute Gasteiger partial charge is 0.321 e. The first-order valence-electron chi connectivity index (χ1n) is 8.34. The number of imide groups is 1. The number of carbonyl (C=O) groups is 2. The third-order valence-corrected chi connectivity index (χ3v) is 4.35. The molecular weight excluding hydrogens is 338 g/mol. The highest BCUT2D eigenvalue weighted by molar-refractivity contribution is 7.99. The number of benzene rings is 1. The lowest BCUT2D eigenvalue weighted by Gasteiger charge is -2.04. The number of carbonyl (C=O) groups excluding carboxylic acids is 2. The second kappa shape index (κ2) is 9.83. The summed E-state index contributed by atoms with van der Waals surface area (Å²) >= 11 is 1.18. The van der Waals surface area contributed by atoms with Gasteiger partial charge in [0.15, 0.2) is 5.82 Å². The highest BCUT2D eigenvalue weighted by Crippen LogP contribution is 2.19. The summed E-state index contributed by atoms with van der Waals surface area (Å²) in [6.07, 6.45) is 2.85. The van der Waals surface area contributed by atoms with Gasteiger partial charge in [-0.2, -0.15) is 0 Å². The van der Waals surface area contributed by atoms with Crippen LogP contribution in [0.25, 0.3) is 11.4 Å². The second-order valence-corrected chi connectivity index (χ2v) is 6.41. The van der Waals surface area contributed by atoms with Crippen molar-refractivity contribution in [2.45, 2.75) is 38.3 Å². The van der Waals surface area contributed by atoms with Crippen molar-refractivity contribution in [2.75, 3.05) is 12.3 Å². The van der Waals surface area contributed by atoms with E-state index in [9.17, 15) is 9.59 Å². The molecule has 7 nitrogen and oxygen atoms in total. The minimum atomic E-state index is -0.467. The number of aromatic amines is 1. The van der Waals surface area contributed by atoms with Crippen LogP contribution in [0.15, 0.2) is 29.4 Å². The van der Waals surface area contributed by atoms with Crippen molar-refractivity contribution in [3.05, 3.63) is 29.8 Å². The Labute approximate surface area is 151 Å². The van der Waals surface area contributed by atoms with Gasteiger partial charge in [0.25, 0.3) is 0 Å². The summed E-state index contributed by atoms with van der Waals surface area (Å²) < 4.78 is 0. The van der Waals surface area contributed by atoms with Crippen molar-refractivity contribution in [3.8, 4) is 11.4 Å². The van der Waals surface area contributed by atoms with Gasteiger partial charge < -0.3 is 5.32 Å². The van der Waals surface area contributed by atoms with Crippen LogP contribution in [0, 0.1) is 0 Å². The van der Waals surface area contributed by atoms with Gasteiger partial charge in [-0.1, -0.05) is 56.3 Å². The third kappa shape index (κ3) is 6.22. The van der Waals surface area contributed by atoms with E-state index in [0.29, 0.717) is 17.5 Å². The van der Waals surface area contributed by atoms with Crippen molar-refractivity contribution >= 4 is 23.7 Å². The molecule has 0 atom stereocenters. The van der Waals surface area contributed by atoms with Crippen LogP contribution in [-0.4, -0.2) is 39.4 Å². The van der Waals surface area contributed by atoms with Gasteiger partial charge in [-0.05, 0) is 18.4 Å². The van der Waals surface area contributed by atoms with Crippen LogP contribution in [0.5, 0.6) is 0 Å². The largest absolute Gasteiger partial charge is 0.338 e. The lowest BCUT2D eigenvalue weighted by molar-refractivity contribution is -0.117. The SMILES string of the molecule is CCCCNC(=O)NC(=O)CSc1n[nH]c(-c2ccc(CC)cc2)n1. The Balaban J connectivity index is 1.80. The molecule has 1 aromatic heterocycles. The number of thioether (sulfide) groups is 1. The molecule has 25 heavy (non-hydrogen) atoms. The molecule has 0 aliphatic heterocycles. The van der Waals surface area contributed by atoms with E-state index in [1.807, 2.05) is 19.1 Å². The van der Waals surface area contributed by atoms with Gasteiger partial charge in [-0.15, -0.1) is 5.10 Å². The molecule has 8 heteroatoms. The normalized spacial score (nSPS) is 10.5. The fraction of sp³-hybridized carbons (Fsp3) is 0.412. The third-order valence-electron chi connectivity index (χ3n) is 3.50. The number of nitrogens with zero attached hydrogens (tertiary/aromatic N) is 2. The van der Waals surface area contributed by atoms with E-state index in [-0.39, 0.29) is 11.7 Å². The van der Waals surface area contributed by atoms with E-state index in [2.05, 4.69) is 44.9 Å². The van der Waals surface area contributed by atoms with E-state index in [4.69, 9.17) is 0 Å². The molecule has 0 spiro atoms. The molecule has 0 aliphatic carbocycles. The van der Waals surface area contributed by atoms with E-state index >= 15 is 0 Å². The maximum absolute atomic E-state index is 11.7. The number of nitrogens with one attached hydrogen (secondary N) is 3. The average molecular weight is 361 g/mol. The predicted molar refractivity (Wildman–Crippen MR) is 98.4 cm³/mol. The molecule has 0 saturated carbocycles. The van der Waals surface area contributed by atoms with E-state index in [1.54, 1.807) is 0 Å². The molecule has 3 amide bonds. The van der Waals surface area contributed by atoms with E-state index in [1.165, 1.54) is 17.3 Å². The lowest BCUT2D eigenvalue weighted by atomic mass is 10.1. The Bertz CT molecular complexity index is 699. The molecule has 0 saturated heterocycles. The summed E-state index contributed by atoms with van der Waals surface area (Å²) in [7, 11) is 0. The van der Waals surface area contributed by atoms with Gasteiger partial charge >= 0.3 is 6.03 Å². The minimum absolute atomic E-state index is 0.0767. The fourth-order valence-electron chi connectivity index (χ4n) is 2.05. The number of amides is 3. The summed E-state index contributed by atoms with van der Waals surface area (Å²) in [6, 6.07) is 7.61. The zero-order chi connectivity index (χ0) is 18.1. The van der Waals surface area contributed by atoms with Crippen LogP contribution < -0.4 is 10.6 Å². The monoisotopic (exact) mass is 361 g/mol. The molecule has 1 heterocycles. The Kier molecular flexibility index (Phi) is 7.46. The number of H-pyrrole nitrogens is 1. The van der Waals surface area contributed by atoms with Crippen LogP contribution in [0.4, 0.5) is 4.79 Å². The summed E-state index contributed by atoms with van der Waals surface area (Å²) in [5, 5.41) is 12.3. The maximum atomic E-state index is 11.7. The Hall–Kier alpha value is -2.35. The number of aromatic nitrogens is 3. The first-order valence-corrected chi connectivity index (χ1v) is 9.33. The van der Waals surface area contributed by atoms with Gasteiger partial charge in [0.2, 0.25) is 11.1 Å². The number of unbranched alkanes of at least 4 members (excludes halogenated alkanes) is 1. The standard InChI is InChI=1S/C17H23N5O2S/c1-3-5-10-18-16(24)19-14(23)11-25-17-20-15(21-22-17)13-8-6-12(4-2)7-9-13/h6-9H,3-5,10-11H2,1-2H3,(H,20,21,22)(H2,18,19,23,24). The van der Waals surface area contributed by atoms with Crippen LogP contribution in [0.1, 0.15) is 32.3 Å². The van der Waals surface area contributed by atoms with Gasteiger partial charge in [0.05, 0.1) is 5.75 Å². The summed E-state index contributed by atoms with van der Waals surface area (Å²) in [5.74, 6) is 0.355. The number of hydrogen-bond acceptors (Lipinski definition) is 5. The van der Waals surface area contributed by atoms with E-state index < -0.39 is 6.03 Å². The van der Waals surface area contributed by atoms with Crippen molar-refractivity contribution in [3.63, 3.8) is 0 Å². The highest BCUT2D eigenvalue weighted by atomic mass is 32.2. The van der Waals surface area contributed by atoms with Gasteiger partial charge in [-0.25, -0.2) is 9.78 Å². The van der Waals surface area contributed by atoms with Crippen molar-refractivity contribution in [2.24, 2.45) is 0 Å². The summed E-state index contributed by atoms with van der Waals surface area (Å²) in [5.41, 5.74) is 2.20. The molecule has 134 valence electrons. The number of rotatable bonds is 8. The fourth-order valence-corrected chi connectivity index (χ4v) is 2.65. The van der Waals surface area contributed by atoms with Crippen LogP contribution in [0.2, 0.25) is 0 Å². The van der Waals surface area contributed by atoms with E-state index in [0.717, 1.165) is 24.8 Å². The number of aryl methyl sites for hydroxylation is 1. The Morgan fingerprint density at radius 1 is 1.20 bits per heavy atom. The molecule has 2 aromatic rings. The first-order chi connectivity index (χ1) is 12.1. The molecule has 1 aromatic carbocycles. The summed E-state index contributed by atoms with van der Waals surface area (Å²) in [6.45, 7) is 4.70.